The van der Waals surface area contributed by atoms with Crippen LogP contribution in [0, 0.1) is 10.1 Å². The number of nitro benzene ring substituents is 1. The van der Waals surface area contributed by atoms with Gasteiger partial charge in [0.25, 0.3) is 5.69 Å². The van der Waals surface area contributed by atoms with Crippen LogP contribution >= 0.6 is 0 Å². The van der Waals surface area contributed by atoms with E-state index in [1.54, 1.807) is 17.0 Å². The second kappa shape index (κ2) is 7.72. The summed E-state index contributed by atoms with van der Waals surface area (Å²) in [4.78, 5) is 29.1. The number of hydrogen-bond donors (Lipinski definition) is 0. The molecular formula is C19H28N4O4. The van der Waals surface area contributed by atoms with E-state index in [1.807, 2.05) is 32.9 Å². The minimum atomic E-state index is -0.467. The highest BCUT2D eigenvalue weighted by Crippen LogP contribution is 2.24. The predicted molar refractivity (Wildman–Crippen MR) is 103 cm³/mol. The van der Waals surface area contributed by atoms with Gasteiger partial charge in [0.2, 0.25) is 0 Å². The van der Waals surface area contributed by atoms with Crippen LogP contribution in [0.4, 0.5) is 16.2 Å². The van der Waals surface area contributed by atoms with Crippen LogP contribution in [0.2, 0.25) is 0 Å². The van der Waals surface area contributed by atoms with E-state index in [2.05, 4.69) is 9.80 Å². The number of ether oxygens (including phenoxy) is 1. The molecule has 0 spiro atoms. The largest absolute Gasteiger partial charge is 0.444 e. The maximum absolute atomic E-state index is 12.2. The Kier molecular flexibility index (Phi) is 5.55. The molecule has 1 aromatic rings. The summed E-state index contributed by atoms with van der Waals surface area (Å²) in [5, 5.41) is 10.8. The minimum Gasteiger partial charge on any atom is -0.444 e. The van der Waals surface area contributed by atoms with E-state index in [0.29, 0.717) is 12.6 Å². The molecule has 0 N–H and O–H groups in total. The summed E-state index contributed by atoms with van der Waals surface area (Å²) in [6.07, 6.45) is 0.742. The lowest BCUT2D eigenvalue weighted by Gasteiger charge is -2.39. The summed E-state index contributed by atoms with van der Waals surface area (Å²) in [6.45, 7) is 10.7. The minimum absolute atomic E-state index is 0.116. The van der Waals surface area contributed by atoms with Crippen LogP contribution in [-0.4, -0.2) is 71.7 Å². The molecule has 3 rings (SSSR count). The number of piperazine rings is 1. The Morgan fingerprint density at radius 1 is 1.11 bits per heavy atom. The quantitative estimate of drug-likeness (QED) is 0.596. The third-order valence-electron chi connectivity index (χ3n) is 5.07. The first-order valence-corrected chi connectivity index (χ1v) is 9.44. The number of nitrogens with zero attached hydrogens (tertiary/aromatic N) is 4. The summed E-state index contributed by atoms with van der Waals surface area (Å²) >= 11 is 0. The fraction of sp³-hybridized carbons (Fsp3) is 0.632. The molecular weight excluding hydrogens is 348 g/mol. The van der Waals surface area contributed by atoms with Gasteiger partial charge in [-0.25, -0.2) is 4.79 Å². The molecule has 2 saturated heterocycles. The molecule has 0 radical (unpaired) electrons. The second-order valence-corrected chi connectivity index (χ2v) is 8.17. The fourth-order valence-corrected chi connectivity index (χ4v) is 3.66. The van der Waals surface area contributed by atoms with Crippen molar-refractivity contribution < 1.29 is 14.5 Å². The molecule has 1 atom stereocenters. The molecule has 0 bridgehead atoms. The van der Waals surface area contributed by atoms with Crippen molar-refractivity contribution in [1.82, 2.24) is 9.80 Å². The van der Waals surface area contributed by atoms with E-state index in [4.69, 9.17) is 4.74 Å². The van der Waals surface area contributed by atoms with Crippen molar-refractivity contribution in [3.8, 4) is 0 Å². The van der Waals surface area contributed by atoms with Gasteiger partial charge < -0.3 is 14.5 Å². The molecule has 2 aliphatic heterocycles. The molecule has 0 aromatic heterocycles. The number of rotatable bonds is 3. The van der Waals surface area contributed by atoms with Gasteiger partial charge in [0.15, 0.2) is 0 Å². The first kappa shape index (κ1) is 19.4. The van der Waals surface area contributed by atoms with Crippen LogP contribution in [0.1, 0.15) is 27.2 Å². The van der Waals surface area contributed by atoms with Crippen LogP contribution in [-0.2, 0) is 4.74 Å². The highest BCUT2D eigenvalue weighted by atomic mass is 16.6. The highest BCUT2D eigenvalue weighted by Gasteiger charge is 2.34. The van der Waals surface area contributed by atoms with E-state index in [1.165, 1.54) is 0 Å². The zero-order valence-electron chi connectivity index (χ0n) is 16.3. The lowest BCUT2D eigenvalue weighted by Crippen LogP contribution is -2.51. The van der Waals surface area contributed by atoms with Gasteiger partial charge in [0.1, 0.15) is 5.60 Å². The number of non-ortho nitro benzene ring substituents is 1. The van der Waals surface area contributed by atoms with E-state index < -0.39 is 5.60 Å². The normalized spacial score (nSPS) is 21.4. The molecule has 1 amide bonds. The summed E-state index contributed by atoms with van der Waals surface area (Å²) in [5.41, 5.74) is 0.665. The van der Waals surface area contributed by atoms with E-state index in [9.17, 15) is 14.9 Å². The number of nitro groups is 1. The summed E-state index contributed by atoms with van der Waals surface area (Å²) in [5.74, 6) is 0. The van der Waals surface area contributed by atoms with Crippen molar-refractivity contribution in [3.63, 3.8) is 0 Å². The monoisotopic (exact) mass is 376 g/mol. The maximum Gasteiger partial charge on any atom is 0.410 e. The van der Waals surface area contributed by atoms with Crippen LogP contribution in [0.5, 0.6) is 0 Å². The van der Waals surface area contributed by atoms with Gasteiger partial charge in [0.05, 0.1) is 4.92 Å². The maximum atomic E-state index is 12.2. The van der Waals surface area contributed by atoms with Crippen molar-refractivity contribution in [2.45, 2.75) is 38.8 Å². The Labute approximate surface area is 159 Å². The Morgan fingerprint density at radius 2 is 1.74 bits per heavy atom. The molecule has 8 heteroatoms. The first-order valence-electron chi connectivity index (χ1n) is 9.44. The van der Waals surface area contributed by atoms with Crippen molar-refractivity contribution in [2.75, 3.05) is 44.2 Å². The van der Waals surface area contributed by atoms with Gasteiger partial charge in [-0.05, 0) is 39.3 Å². The number of carbonyl (C=O) groups is 1. The zero-order chi connectivity index (χ0) is 19.6. The third-order valence-corrected chi connectivity index (χ3v) is 5.07. The van der Waals surface area contributed by atoms with Gasteiger partial charge >= 0.3 is 6.09 Å². The van der Waals surface area contributed by atoms with Gasteiger partial charge in [-0.2, -0.15) is 0 Å². The van der Waals surface area contributed by atoms with Crippen LogP contribution < -0.4 is 4.90 Å². The zero-order valence-corrected chi connectivity index (χ0v) is 16.3. The van der Waals surface area contributed by atoms with Gasteiger partial charge in [-0.15, -0.1) is 0 Å². The Balaban J connectivity index is 1.49. The second-order valence-electron chi connectivity index (χ2n) is 8.17. The standard InChI is InChI=1S/C19H28N4O4/c1-19(2,3)27-18(24)22-9-8-17(14-22)21-12-10-20(11-13-21)15-4-6-16(7-5-15)23(25)26/h4-7,17H,8-14H2,1-3H3. The Bertz CT molecular complexity index is 678. The third kappa shape index (κ3) is 4.88. The number of hydrogen-bond acceptors (Lipinski definition) is 6. The number of benzene rings is 1. The average Bonchev–Trinajstić information content (AvgIpc) is 3.11. The summed E-state index contributed by atoms with van der Waals surface area (Å²) in [7, 11) is 0. The number of amides is 1. The topological polar surface area (TPSA) is 79.2 Å². The Morgan fingerprint density at radius 3 is 2.30 bits per heavy atom. The van der Waals surface area contributed by atoms with Crippen molar-refractivity contribution in [1.29, 1.82) is 0 Å². The smallest absolute Gasteiger partial charge is 0.410 e. The number of likely N-dealkylation sites (tertiary alicyclic amines) is 1. The molecule has 0 saturated carbocycles. The van der Waals surface area contributed by atoms with Gasteiger partial charge in [-0.3, -0.25) is 15.0 Å². The molecule has 148 valence electrons. The van der Waals surface area contributed by atoms with E-state index in [-0.39, 0.29) is 16.7 Å². The molecule has 1 unspecified atom stereocenters. The average molecular weight is 376 g/mol. The van der Waals surface area contributed by atoms with Crippen LogP contribution in [0.3, 0.4) is 0 Å². The Hall–Kier alpha value is -2.35. The fourth-order valence-electron chi connectivity index (χ4n) is 3.66. The molecule has 2 aliphatic rings. The van der Waals surface area contributed by atoms with Crippen LogP contribution in [0.25, 0.3) is 0 Å². The van der Waals surface area contributed by atoms with Crippen molar-refractivity contribution >= 4 is 17.5 Å². The van der Waals surface area contributed by atoms with E-state index >= 15 is 0 Å². The SMILES string of the molecule is CC(C)(C)OC(=O)N1CCC(N2CCN(c3ccc([N+](=O)[O-])cc3)CC2)C1. The molecule has 2 fully saturated rings. The van der Waals surface area contributed by atoms with Crippen molar-refractivity contribution in [3.05, 3.63) is 34.4 Å². The lowest BCUT2D eigenvalue weighted by atomic mass is 10.1. The van der Waals surface area contributed by atoms with Crippen molar-refractivity contribution in [2.24, 2.45) is 0 Å². The molecule has 2 heterocycles. The van der Waals surface area contributed by atoms with Gasteiger partial charge in [0, 0.05) is 63.1 Å². The molecule has 1 aromatic carbocycles. The lowest BCUT2D eigenvalue weighted by molar-refractivity contribution is -0.384. The molecule has 27 heavy (non-hydrogen) atoms. The summed E-state index contributed by atoms with van der Waals surface area (Å²) in [6, 6.07) is 7.10. The highest BCUT2D eigenvalue weighted by molar-refractivity contribution is 5.68. The summed E-state index contributed by atoms with van der Waals surface area (Å²) < 4.78 is 5.47. The molecule has 8 nitrogen and oxygen atoms in total. The predicted octanol–water partition coefficient (Wildman–Crippen LogP) is 2.73. The number of anilines is 1. The van der Waals surface area contributed by atoms with Crippen LogP contribution in [0.15, 0.2) is 24.3 Å². The number of carbonyl (C=O) groups excluding carboxylic acids is 1. The first-order chi connectivity index (χ1) is 12.7. The van der Waals surface area contributed by atoms with Gasteiger partial charge in [-0.1, -0.05) is 0 Å². The molecule has 0 aliphatic carbocycles. The van der Waals surface area contributed by atoms with E-state index in [0.717, 1.165) is 44.8 Å².